The molecule has 0 saturated carbocycles. The van der Waals surface area contributed by atoms with Crippen molar-refractivity contribution in [1.29, 1.82) is 0 Å². The average molecular weight is 564 g/mol. The van der Waals surface area contributed by atoms with Crippen LogP contribution in [0.1, 0.15) is 45.2 Å². The number of nitrogens with zero attached hydrogens (tertiary/aromatic N) is 2. The molecule has 0 radical (unpaired) electrons. The van der Waals surface area contributed by atoms with E-state index in [0.29, 0.717) is 49.5 Å². The van der Waals surface area contributed by atoms with Crippen LogP contribution >= 0.6 is 0 Å². The van der Waals surface area contributed by atoms with Gasteiger partial charge in [0.05, 0.1) is 17.6 Å². The van der Waals surface area contributed by atoms with Crippen molar-refractivity contribution in [2.75, 3.05) is 24.1 Å². The molecule has 4 N–H and O–H groups in total. The number of hydrogen-bond donors (Lipinski definition) is 3. The number of anilines is 2. The Morgan fingerprint density at radius 2 is 1.77 bits per heavy atom. The van der Waals surface area contributed by atoms with E-state index in [0.717, 1.165) is 24.1 Å². The van der Waals surface area contributed by atoms with Gasteiger partial charge in [-0.15, -0.1) is 0 Å². The van der Waals surface area contributed by atoms with Crippen molar-refractivity contribution in [3.8, 4) is 11.1 Å². The number of likely N-dealkylation sites (tertiary alicyclic amines) is 1. The van der Waals surface area contributed by atoms with E-state index in [-0.39, 0.29) is 16.5 Å². The van der Waals surface area contributed by atoms with Gasteiger partial charge >= 0.3 is 0 Å². The summed E-state index contributed by atoms with van der Waals surface area (Å²) in [5.41, 5.74) is 8.63. The molecule has 10 heteroatoms. The summed E-state index contributed by atoms with van der Waals surface area (Å²) in [6.07, 6.45) is 4.76. The summed E-state index contributed by atoms with van der Waals surface area (Å²) < 4.78 is 30.5. The molecule has 4 rings (SSSR count). The molecule has 212 valence electrons. The molecule has 0 unspecified atom stereocenters. The summed E-state index contributed by atoms with van der Waals surface area (Å²) in [5.74, 6) is -0.108. The van der Waals surface area contributed by atoms with Crippen molar-refractivity contribution in [2.45, 2.75) is 56.9 Å². The normalized spacial score (nSPS) is 15.0. The number of carbonyl (C=O) groups is 2. The number of aromatic nitrogens is 1. The van der Waals surface area contributed by atoms with Crippen LogP contribution in [-0.2, 0) is 26.0 Å². The van der Waals surface area contributed by atoms with Gasteiger partial charge in [-0.25, -0.2) is 8.42 Å². The van der Waals surface area contributed by atoms with Gasteiger partial charge in [0.25, 0.3) is 0 Å². The van der Waals surface area contributed by atoms with Crippen LogP contribution in [0.4, 0.5) is 11.4 Å². The minimum Gasteiger partial charge on any atom is -0.397 e. The van der Waals surface area contributed by atoms with Gasteiger partial charge in [-0.2, -0.15) is 4.72 Å². The van der Waals surface area contributed by atoms with Gasteiger partial charge in [0.15, 0.2) is 0 Å². The third-order valence-electron chi connectivity index (χ3n) is 7.17. The van der Waals surface area contributed by atoms with Crippen LogP contribution in [0.25, 0.3) is 11.1 Å². The zero-order chi connectivity index (χ0) is 28.7. The largest absolute Gasteiger partial charge is 0.397 e. The molecule has 0 aliphatic carbocycles. The maximum atomic E-state index is 13.9. The predicted octanol–water partition coefficient (Wildman–Crippen LogP) is 4.22. The molecule has 1 aromatic heterocycles. The van der Waals surface area contributed by atoms with Crippen molar-refractivity contribution >= 4 is 33.2 Å². The molecule has 9 nitrogen and oxygen atoms in total. The van der Waals surface area contributed by atoms with Crippen LogP contribution in [0.5, 0.6) is 0 Å². The van der Waals surface area contributed by atoms with Gasteiger partial charge < -0.3 is 16.0 Å². The highest BCUT2D eigenvalue weighted by Gasteiger charge is 2.32. The third kappa shape index (κ3) is 7.45. The Labute approximate surface area is 236 Å². The highest BCUT2D eigenvalue weighted by molar-refractivity contribution is 7.89. The second-order valence-corrected chi connectivity index (χ2v) is 12.1. The molecule has 1 fully saturated rings. The average Bonchev–Trinajstić information content (AvgIpc) is 2.94. The summed E-state index contributed by atoms with van der Waals surface area (Å²) >= 11 is 0. The molecule has 1 saturated heterocycles. The smallest absolute Gasteiger partial charge is 0.243 e. The minimum absolute atomic E-state index is 0.0886. The highest BCUT2D eigenvalue weighted by atomic mass is 32.2. The number of para-hydroxylation sites is 1. The van der Waals surface area contributed by atoms with Gasteiger partial charge in [-0.1, -0.05) is 49.4 Å². The maximum Gasteiger partial charge on any atom is 0.243 e. The first-order valence-corrected chi connectivity index (χ1v) is 15.1. The quantitative estimate of drug-likeness (QED) is 0.338. The van der Waals surface area contributed by atoms with E-state index in [2.05, 4.69) is 21.9 Å². The summed E-state index contributed by atoms with van der Waals surface area (Å²) in [5, 5.41) is 2.71. The molecule has 0 bridgehead atoms. The number of nitrogens with two attached hydrogens (primary N) is 1. The van der Waals surface area contributed by atoms with Gasteiger partial charge in [0.2, 0.25) is 21.8 Å². The Balaban J connectivity index is 1.63. The Hall–Kier alpha value is -3.76. The molecular weight excluding hydrogens is 526 g/mol. The van der Waals surface area contributed by atoms with Crippen molar-refractivity contribution in [2.24, 2.45) is 5.92 Å². The SMILES string of the molecule is CC(=O)Nc1c(-c2ccccc2)cccc1S(=O)(=O)N[C@@H](CCCc1ccc(N)cn1)C(=O)N1CCC(C)CC1. The fourth-order valence-corrected chi connectivity index (χ4v) is 6.33. The molecule has 1 aliphatic heterocycles. The van der Waals surface area contributed by atoms with Crippen molar-refractivity contribution in [1.82, 2.24) is 14.6 Å². The Bertz CT molecular complexity index is 1420. The standard InChI is InChI=1S/C30H37N5O4S/c1-21-16-18-35(19-17-21)30(37)27(12-6-10-25-15-14-24(31)20-32-25)34-40(38,39)28-13-7-11-26(29(28)33-22(2)36)23-8-4-3-5-9-23/h3-5,7-9,11,13-15,20-21,27,34H,6,10,12,16-19,31H2,1-2H3,(H,33,36)/t27-/m0/s1. The van der Waals surface area contributed by atoms with E-state index in [1.54, 1.807) is 29.3 Å². The predicted molar refractivity (Wildman–Crippen MR) is 157 cm³/mol. The Morgan fingerprint density at radius 3 is 2.42 bits per heavy atom. The summed E-state index contributed by atoms with van der Waals surface area (Å²) in [6, 6.07) is 16.7. The number of pyridine rings is 1. The second-order valence-electron chi connectivity index (χ2n) is 10.4. The van der Waals surface area contributed by atoms with Crippen molar-refractivity contribution in [3.05, 3.63) is 72.6 Å². The van der Waals surface area contributed by atoms with E-state index in [9.17, 15) is 18.0 Å². The molecule has 40 heavy (non-hydrogen) atoms. The number of sulfonamides is 1. The van der Waals surface area contributed by atoms with Crippen LogP contribution in [0.2, 0.25) is 0 Å². The summed E-state index contributed by atoms with van der Waals surface area (Å²) in [4.78, 5) is 31.8. The number of piperidine rings is 1. The molecular formula is C30H37N5O4S. The van der Waals surface area contributed by atoms with Crippen molar-refractivity contribution in [3.63, 3.8) is 0 Å². The molecule has 2 heterocycles. The maximum absolute atomic E-state index is 13.9. The zero-order valence-electron chi connectivity index (χ0n) is 23.0. The monoisotopic (exact) mass is 563 g/mol. The van der Waals surface area contributed by atoms with Crippen LogP contribution < -0.4 is 15.8 Å². The van der Waals surface area contributed by atoms with E-state index >= 15 is 0 Å². The van der Waals surface area contributed by atoms with Gasteiger partial charge in [0.1, 0.15) is 10.9 Å². The van der Waals surface area contributed by atoms with Gasteiger partial charge in [0, 0.05) is 31.3 Å². The molecule has 1 atom stereocenters. The molecule has 0 spiro atoms. The first-order chi connectivity index (χ1) is 19.1. The fourth-order valence-electron chi connectivity index (χ4n) is 4.92. The topological polar surface area (TPSA) is 134 Å². The Morgan fingerprint density at radius 1 is 1.05 bits per heavy atom. The number of nitrogens with one attached hydrogen (secondary N) is 2. The zero-order valence-corrected chi connectivity index (χ0v) is 23.8. The summed E-state index contributed by atoms with van der Waals surface area (Å²) in [6.45, 7) is 4.68. The first-order valence-electron chi connectivity index (χ1n) is 13.6. The van der Waals surface area contributed by atoms with Crippen LogP contribution in [0.15, 0.2) is 71.8 Å². The van der Waals surface area contributed by atoms with Gasteiger partial charge in [-0.3, -0.25) is 14.6 Å². The van der Waals surface area contributed by atoms with Crippen LogP contribution in [0.3, 0.4) is 0 Å². The highest BCUT2D eigenvalue weighted by Crippen LogP contribution is 2.34. The van der Waals surface area contributed by atoms with E-state index in [4.69, 9.17) is 5.73 Å². The lowest BCUT2D eigenvalue weighted by Crippen LogP contribution is -2.50. The number of carbonyl (C=O) groups excluding carboxylic acids is 2. The van der Waals surface area contributed by atoms with E-state index in [1.165, 1.54) is 13.0 Å². The third-order valence-corrected chi connectivity index (χ3v) is 8.68. The van der Waals surface area contributed by atoms with Gasteiger partial charge in [-0.05, 0) is 61.8 Å². The molecule has 1 aliphatic rings. The second kappa shape index (κ2) is 13.1. The van der Waals surface area contributed by atoms with Crippen molar-refractivity contribution < 1.29 is 18.0 Å². The lowest BCUT2D eigenvalue weighted by atomic mass is 9.98. The number of hydrogen-bond acceptors (Lipinski definition) is 6. The first kappa shape index (κ1) is 29.2. The number of rotatable bonds is 10. The van der Waals surface area contributed by atoms with Crippen LogP contribution in [0, 0.1) is 5.92 Å². The molecule has 3 aromatic rings. The van der Waals surface area contributed by atoms with Crippen LogP contribution in [-0.4, -0.2) is 49.2 Å². The summed E-state index contributed by atoms with van der Waals surface area (Å²) in [7, 11) is -4.21. The lowest BCUT2D eigenvalue weighted by molar-refractivity contribution is -0.134. The fraction of sp³-hybridized carbons (Fsp3) is 0.367. The Kier molecular flexibility index (Phi) is 9.54. The van der Waals surface area contributed by atoms with E-state index in [1.807, 2.05) is 36.4 Å². The lowest BCUT2D eigenvalue weighted by Gasteiger charge is -2.33. The molecule has 2 aromatic carbocycles. The number of amides is 2. The van der Waals surface area contributed by atoms with E-state index < -0.39 is 22.0 Å². The molecule has 2 amide bonds. The number of benzene rings is 2. The minimum atomic E-state index is -4.21. The number of nitrogen functional groups attached to an aromatic ring is 1. The number of aryl methyl sites for hydroxylation is 1.